The molecule has 8 nitrogen and oxygen atoms in total. The Hall–Kier alpha value is -2.97. The predicted molar refractivity (Wildman–Crippen MR) is 104 cm³/mol. The lowest BCUT2D eigenvalue weighted by atomic mass is 10.0. The molecule has 0 aliphatic carbocycles. The normalized spacial score (nSPS) is 15.6. The van der Waals surface area contributed by atoms with Crippen molar-refractivity contribution in [2.45, 2.75) is 6.04 Å². The molecule has 1 fully saturated rings. The van der Waals surface area contributed by atoms with E-state index >= 15 is 0 Å². The first-order valence-electron chi connectivity index (χ1n) is 9.07. The second kappa shape index (κ2) is 9.29. The van der Waals surface area contributed by atoms with Gasteiger partial charge in [0.2, 0.25) is 0 Å². The van der Waals surface area contributed by atoms with Gasteiger partial charge in [0.15, 0.2) is 0 Å². The third-order valence-corrected chi connectivity index (χ3v) is 4.76. The molecule has 2 aromatic rings. The molecule has 1 heterocycles. The van der Waals surface area contributed by atoms with Crippen molar-refractivity contribution in [3.05, 3.63) is 69.8 Å². The van der Waals surface area contributed by atoms with Gasteiger partial charge < -0.3 is 14.8 Å². The van der Waals surface area contributed by atoms with E-state index in [1.54, 1.807) is 7.11 Å². The van der Waals surface area contributed by atoms with Gasteiger partial charge in [-0.1, -0.05) is 12.1 Å². The number of nitro benzene ring substituents is 1. The van der Waals surface area contributed by atoms with E-state index in [4.69, 9.17) is 9.47 Å². The molecule has 1 atom stereocenters. The van der Waals surface area contributed by atoms with E-state index in [1.807, 2.05) is 24.3 Å². The number of carbonyl (C=O) groups excluding carboxylic acids is 1. The third-order valence-electron chi connectivity index (χ3n) is 4.76. The zero-order valence-corrected chi connectivity index (χ0v) is 15.7. The summed E-state index contributed by atoms with van der Waals surface area (Å²) in [5.41, 5.74) is 1.39. The van der Waals surface area contributed by atoms with E-state index in [9.17, 15) is 14.9 Å². The Morgan fingerprint density at radius 2 is 1.96 bits per heavy atom. The molecule has 1 aliphatic heterocycles. The fourth-order valence-corrected chi connectivity index (χ4v) is 3.22. The van der Waals surface area contributed by atoms with Crippen LogP contribution in [0.4, 0.5) is 5.69 Å². The van der Waals surface area contributed by atoms with Gasteiger partial charge in [-0.05, 0) is 29.8 Å². The van der Waals surface area contributed by atoms with Gasteiger partial charge in [-0.25, -0.2) is 0 Å². The number of nitrogens with one attached hydrogen (secondary N) is 1. The molecule has 1 saturated heterocycles. The van der Waals surface area contributed by atoms with Crippen LogP contribution in [0.2, 0.25) is 0 Å². The molecule has 0 unspecified atom stereocenters. The molecular formula is C20H23N3O5. The molecule has 28 heavy (non-hydrogen) atoms. The predicted octanol–water partition coefficient (Wildman–Crippen LogP) is 2.41. The lowest BCUT2D eigenvalue weighted by Gasteiger charge is -2.35. The van der Waals surface area contributed by atoms with E-state index in [2.05, 4.69) is 10.2 Å². The summed E-state index contributed by atoms with van der Waals surface area (Å²) in [6.07, 6.45) is 0. The van der Waals surface area contributed by atoms with Gasteiger partial charge in [0.1, 0.15) is 5.75 Å². The maximum absolute atomic E-state index is 12.5. The highest BCUT2D eigenvalue weighted by Gasteiger charge is 2.24. The largest absolute Gasteiger partial charge is 0.497 e. The second-order valence-corrected chi connectivity index (χ2v) is 6.45. The molecule has 1 amide bonds. The molecule has 148 valence electrons. The van der Waals surface area contributed by atoms with Crippen LogP contribution in [0.5, 0.6) is 5.75 Å². The van der Waals surface area contributed by atoms with Gasteiger partial charge >= 0.3 is 0 Å². The molecule has 0 saturated carbocycles. The first kappa shape index (κ1) is 19.8. The molecule has 0 radical (unpaired) electrons. The van der Waals surface area contributed by atoms with E-state index < -0.39 is 4.92 Å². The summed E-state index contributed by atoms with van der Waals surface area (Å²) in [7, 11) is 1.62. The van der Waals surface area contributed by atoms with Crippen molar-refractivity contribution in [2.75, 3.05) is 40.0 Å². The molecule has 0 spiro atoms. The summed E-state index contributed by atoms with van der Waals surface area (Å²) < 4.78 is 10.8. The van der Waals surface area contributed by atoms with Gasteiger partial charge in [-0.15, -0.1) is 0 Å². The number of non-ortho nitro benzene ring substituents is 1. The number of rotatable bonds is 7. The van der Waals surface area contributed by atoms with Crippen molar-refractivity contribution >= 4 is 11.6 Å². The minimum atomic E-state index is -0.487. The molecule has 2 aromatic carbocycles. The molecule has 1 aliphatic rings. The van der Waals surface area contributed by atoms with Crippen LogP contribution in [0.3, 0.4) is 0 Å². The third kappa shape index (κ3) is 4.85. The van der Waals surface area contributed by atoms with Crippen LogP contribution in [0, 0.1) is 10.1 Å². The van der Waals surface area contributed by atoms with Crippen molar-refractivity contribution in [1.29, 1.82) is 0 Å². The minimum Gasteiger partial charge on any atom is -0.497 e. The van der Waals surface area contributed by atoms with E-state index in [1.165, 1.54) is 24.3 Å². The van der Waals surface area contributed by atoms with Crippen LogP contribution in [0.15, 0.2) is 48.5 Å². The number of amides is 1. The van der Waals surface area contributed by atoms with E-state index in [0.29, 0.717) is 25.3 Å². The summed E-state index contributed by atoms with van der Waals surface area (Å²) in [6, 6.07) is 13.4. The number of morpholine rings is 1. The SMILES string of the molecule is COc1cccc([C@@H](CNC(=O)c2ccc([N+](=O)[O-])cc2)N2CCOCC2)c1. The van der Waals surface area contributed by atoms with Crippen molar-refractivity contribution in [1.82, 2.24) is 10.2 Å². The second-order valence-electron chi connectivity index (χ2n) is 6.45. The summed E-state index contributed by atoms with van der Waals surface area (Å²) in [6.45, 7) is 3.25. The number of hydrogen-bond acceptors (Lipinski definition) is 6. The highest BCUT2D eigenvalue weighted by Crippen LogP contribution is 2.25. The smallest absolute Gasteiger partial charge is 0.269 e. The number of carbonyl (C=O) groups is 1. The zero-order chi connectivity index (χ0) is 19.9. The Morgan fingerprint density at radius 1 is 1.25 bits per heavy atom. The average Bonchev–Trinajstić information content (AvgIpc) is 2.74. The Kier molecular flexibility index (Phi) is 6.57. The van der Waals surface area contributed by atoms with E-state index in [0.717, 1.165) is 24.4 Å². The number of nitro groups is 1. The first-order chi connectivity index (χ1) is 13.6. The Morgan fingerprint density at radius 3 is 2.61 bits per heavy atom. The first-order valence-corrected chi connectivity index (χ1v) is 9.07. The average molecular weight is 385 g/mol. The van der Waals surface area contributed by atoms with Crippen LogP contribution in [0.25, 0.3) is 0 Å². The summed E-state index contributed by atoms with van der Waals surface area (Å²) in [5, 5.41) is 13.7. The Labute approximate surface area is 163 Å². The van der Waals surface area contributed by atoms with Crippen molar-refractivity contribution < 1.29 is 19.2 Å². The van der Waals surface area contributed by atoms with Crippen LogP contribution in [-0.4, -0.2) is 55.7 Å². The highest BCUT2D eigenvalue weighted by molar-refractivity contribution is 5.94. The van der Waals surface area contributed by atoms with Crippen LogP contribution >= 0.6 is 0 Å². The van der Waals surface area contributed by atoms with Gasteiger partial charge in [0.25, 0.3) is 11.6 Å². The summed E-state index contributed by atoms with van der Waals surface area (Å²) >= 11 is 0. The minimum absolute atomic E-state index is 0.0269. The number of nitrogens with zero attached hydrogens (tertiary/aromatic N) is 2. The number of benzene rings is 2. The lowest BCUT2D eigenvalue weighted by molar-refractivity contribution is -0.384. The molecule has 8 heteroatoms. The maximum atomic E-state index is 12.5. The molecule has 0 bridgehead atoms. The van der Waals surface area contributed by atoms with E-state index in [-0.39, 0.29) is 17.6 Å². The summed E-state index contributed by atoms with van der Waals surface area (Å²) in [4.78, 5) is 25.1. The topological polar surface area (TPSA) is 93.9 Å². The lowest BCUT2D eigenvalue weighted by Crippen LogP contribution is -2.43. The fraction of sp³-hybridized carbons (Fsp3) is 0.350. The zero-order valence-electron chi connectivity index (χ0n) is 15.7. The highest BCUT2D eigenvalue weighted by atomic mass is 16.6. The quantitative estimate of drug-likeness (QED) is 0.581. The number of hydrogen-bond donors (Lipinski definition) is 1. The monoisotopic (exact) mass is 385 g/mol. The summed E-state index contributed by atoms with van der Waals surface area (Å²) in [5.74, 6) is 0.494. The van der Waals surface area contributed by atoms with Crippen molar-refractivity contribution in [3.8, 4) is 5.75 Å². The number of methoxy groups -OCH3 is 1. The van der Waals surface area contributed by atoms with Gasteiger partial charge in [-0.2, -0.15) is 0 Å². The standard InChI is InChI=1S/C20H23N3O5/c1-27-18-4-2-3-16(13-18)19(22-9-11-28-12-10-22)14-21-20(24)15-5-7-17(8-6-15)23(25)26/h2-8,13,19H,9-12,14H2,1H3,(H,21,24)/t19-/m1/s1. The molecule has 0 aromatic heterocycles. The van der Waals surface area contributed by atoms with Crippen molar-refractivity contribution in [2.24, 2.45) is 0 Å². The molecule has 3 rings (SSSR count). The maximum Gasteiger partial charge on any atom is 0.269 e. The van der Waals surface area contributed by atoms with Crippen LogP contribution in [0.1, 0.15) is 22.0 Å². The van der Waals surface area contributed by atoms with Gasteiger partial charge in [0, 0.05) is 37.3 Å². The Bertz CT molecular complexity index is 819. The van der Waals surface area contributed by atoms with Crippen molar-refractivity contribution in [3.63, 3.8) is 0 Å². The number of ether oxygens (including phenoxy) is 2. The van der Waals surface area contributed by atoms with Crippen LogP contribution < -0.4 is 10.1 Å². The van der Waals surface area contributed by atoms with Gasteiger partial charge in [0.05, 0.1) is 31.3 Å². The molecule has 1 N–H and O–H groups in total. The Balaban J connectivity index is 1.73. The van der Waals surface area contributed by atoms with Crippen LogP contribution in [-0.2, 0) is 4.74 Å². The van der Waals surface area contributed by atoms with Gasteiger partial charge in [-0.3, -0.25) is 19.8 Å². The fourth-order valence-electron chi connectivity index (χ4n) is 3.22. The molecular weight excluding hydrogens is 362 g/mol.